The van der Waals surface area contributed by atoms with Gasteiger partial charge in [0.1, 0.15) is 0 Å². The number of hydrogen-bond donors (Lipinski definition) is 2. The van der Waals surface area contributed by atoms with E-state index in [1.165, 1.54) is 6.07 Å². The number of amides is 1. The Balaban J connectivity index is 2.32. The van der Waals surface area contributed by atoms with E-state index in [1.54, 1.807) is 0 Å². The van der Waals surface area contributed by atoms with Crippen LogP contribution in [0.4, 0.5) is 5.69 Å². The van der Waals surface area contributed by atoms with Gasteiger partial charge in [0.2, 0.25) is 0 Å². The van der Waals surface area contributed by atoms with Gasteiger partial charge in [-0.2, -0.15) is 0 Å². The topological polar surface area (TPSA) is 118 Å². The number of benzene rings is 1. The van der Waals surface area contributed by atoms with E-state index in [4.69, 9.17) is 0 Å². The third-order valence-electron chi connectivity index (χ3n) is 3.89. The maximum atomic E-state index is 12.4. The molecule has 1 aliphatic heterocycles. The molecular weight excluding hydrogens is 322 g/mol. The van der Waals surface area contributed by atoms with Gasteiger partial charge in [0.05, 0.1) is 9.82 Å². The van der Waals surface area contributed by atoms with Gasteiger partial charge in [-0.05, 0) is 31.5 Å². The van der Waals surface area contributed by atoms with Crippen LogP contribution in [0.15, 0.2) is 23.1 Å². The molecule has 0 saturated carbocycles. The van der Waals surface area contributed by atoms with E-state index in [0.29, 0.717) is 0 Å². The van der Waals surface area contributed by atoms with Gasteiger partial charge in [-0.15, -0.1) is 0 Å². The molecule has 2 atom stereocenters. The summed E-state index contributed by atoms with van der Waals surface area (Å²) in [5.74, 6) is -0.280. The Kier molecular flexibility index (Phi) is 5.00. The van der Waals surface area contributed by atoms with Gasteiger partial charge in [-0.25, -0.2) is 8.42 Å². The van der Waals surface area contributed by atoms with Crippen molar-refractivity contribution in [1.29, 1.82) is 0 Å². The van der Waals surface area contributed by atoms with Crippen molar-refractivity contribution in [3.8, 4) is 0 Å². The minimum absolute atomic E-state index is 0.0228. The highest BCUT2D eigenvalue weighted by Gasteiger charge is 2.25. The van der Waals surface area contributed by atoms with Crippen molar-refractivity contribution in [1.82, 2.24) is 10.6 Å². The number of hydrogen-bond acceptors (Lipinski definition) is 6. The van der Waals surface area contributed by atoms with Gasteiger partial charge in [0, 0.05) is 30.0 Å². The highest BCUT2D eigenvalue weighted by molar-refractivity contribution is 7.90. The number of carbonyl (C=O) groups excluding carboxylic acids is 1. The maximum absolute atomic E-state index is 12.4. The Morgan fingerprint density at radius 2 is 2.09 bits per heavy atom. The lowest BCUT2D eigenvalue weighted by molar-refractivity contribution is -0.385. The van der Waals surface area contributed by atoms with Crippen LogP contribution < -0.4 is 10.6 Å². The monoisotopic (exact) mass is 341 g/mol. The minimum atomic E-state index is -3.65. The fraction of sp³-hybridized carbons (Fsp3) is 0.500. The summed E-state index contributed by atoms with van der Waals surface area (Å²) in [5, 5.41) is 17.0. The Bertz CT molecular complexity index is 732. The first-order valence-corrected chi connectivity index (χ1v) is 9.09. The molecule has 126 valence electrons. The van der Waals surface area contributed by atoms with Crippen molar-refractivity contribution in [3.05, 3.63) is 33.9 Å². The highest BCUT2D eigenvalue weighted by atomic mass is 32.2. The van der Waals surface area contributed by atoms with Crippen LogP contribution in [0.2, 0.25) is 0 Å². The Hall–Kier alpha value is -2.00. The lowest BCUT2D eigenvalue weighted by Crippen LogP contribution is -2.48. The fourth-order valence-corrected chi connectivity index (χ4v) is 3.19. The number of nitro benzene ring substituents is 1. The number of nitro groups is 1. The first-order chi connectivity index (χ1) is 10.7. The first kappa shape index (κ1) is 17.4. The first-order valence-electron chi connectivity index (χ1n) is 7.19. The minimum Gasteiger partial charge on any atom is -0.349 e. The predicted octanol–water partition coefficient (Wildman–Crippen LogP) is 0.726. The molecular formula is C14H19N3O5S. The van der Waals surface area contributed by atoms with Crippen LogP contribution in [-0.4, -0.2) is 44.6 Å². The number of sulfone groups is 1. The number of piperidine rings is 1. The summed E-state index contributed by atoms with van der Waals surface area (Å²) in [5.41, 5.74) is -0.443. The van der Waals surface area contributed by atoms with E-state index in [-0.39, 0.29) is 22.4 Å². The number of non-ortho nitro benzene ring substituents is 1. The second-order valence-electron chi connectivity index (χ2n) is 5.79. The van der Waals surface area contributed by atoms with E-state index in [9.17, 15) is 23.3 Å². The summed E-state index contributed by atoms with van der Waals surface area (Å²) in [6.45, 7) is 3.54. The summed E-state index contributed by atoms with van der Waals surface area (Å²) in [6, 6.07) is 3.17. The average molecular weight is 341 g/mol. The summed E-state index contributed by atoms with van der Waals surface area (Å²) < 4.78 is 23.3. The molecule has 1 saturated heterocycles. The van der Waals surface area contributed by atoms with Crippen molar-refractivity contribution in [2.24, 2.45) is 5.92 Å². The lowest BCUT2D eigenvalue weighted by atomic mass is 9.95. The van der Waals surface area contributed by atoms with Crippen LogP contribution >= 0.6 is 0 Å². The van der Waals surface area contributed by atoms with Crippen molar-refractivity contribution < 1.29 is 18.1 Å². The SMILES string of the molecule is CC1CNCCC1NC(=O)c1cc([N+](=O)[O-])cc(S(C)(=O)=O)c1. The quantitative estimate of drug-likeness (QED) is 0.615. The summed E-state index contributed by atoms with van der Waals surface area (Å²) in [7, 11) is -3.65. The number of nitrogens with zero attached hydrogens (tertiary/aromatic N) is 1. The number of nitrogens with one attached hydrogen (secondary N) is 2. The maximum Gasteiger partial charge on any atom is 0.271 e. The summed E-state index contributed by atoms with van der Waals surface area (Å²) in [6.07, 6.45) is 1.70. The average Bonchev–Trinajstić information content (AvgIpc) is 2.48. The molecule has 23 heavy (non-hydrogen) atoms. The molecule has 2 N–H and O–H groups in total. The molecule has 1 amide bonds. The van der Waals surface area contributed by atoms with Crippen LogP contribution in [0.3, 0.4) is 0 Å². The lowest BCUT2D eigenvalue weighted by Gasteiger charge is -2.30. The Morgan fingerprint density at radius 3 is 2.65 bits per heavy atom. The molecule has 0 radical (unpaired) electrons. The van der Waals surface area contributed by atoms with Gasteiger partial charge >= 0.3 is 0 Å². The highest BCUT2D eigenvalue weighted by Crippen LogP contribution is 2.21. The molecule has 1 aliphatic rings. The van der Waals surface area contributed by atoms with Gasteiger partial charge in [-0.3, -0.25) is 14.9 Å². The molecule has 8 nitrogen and oxygen atoms in total. The van der Waals surface area contributed by atoms with Crippen molar-refractivity contribution in [2.45, 2.75) is 24.3 Å². The Morgan fingerprint density at radius 1 is 1.39 bits per heavy atom. The van der Waals surface area contributed by atoms with E-state index in [0.717, 1.165) is 37.9 Å². The second-order valence-corrected chi connectivity index (χ2v) is 7.81. The van der Waals surface area contributed by atoms with Gasteiger partial charge in [-0.1, -0.05) is 6.92 Å². The third-order valence-corrected chi connectivity index (χ3v) is 4.99. The van der Waals surface area contributed by atoms with Crippen LogP contribution in [0.5, 0.6) is 0 Å². The number of rotatable bonds is 4. The van der Waals surface area contributed by atoms with Crippen molar-refractivity contribution in [2.75, 3.05) is 19.3 Å². The molecule has 1 heterocycles. The molecule has 1 aromatic carbocycles. The molecule has 1 fully saturated rings. The molecule has 0 spiro atoms. The summed E-state index contributed by atoms with van der Waals surface area (Å²) in [4.78, 5) is 22.4. The van der Waals surface area contributed by atoms with E-state index < -0.39 is 26.4 Å². The zero-order valence-corrected chi connectivity index (χ0v) is 13.7. The molecule has 9 heteroatoms. The van der Waals surface area contributed by atoms with E-state index in [1.807, 2.05) is 6.92 Å². The van der Waals surface area contributed by atoms with Crippen LogP contribution in [0, 0.1) is 16.0 Å². The Labute approximate surface area is 134 Å². The van der Waals surface area contributed by atoms with E-state index >= 15 is 0 Å². The zero-order chi connectivity index (χ0) is 17.2. The molecule has 0 bridgehead atoms. The van der Waals surface area contributed by atoms with Gasteiger partial charge in [0.25, 0.3) is 11.6 Å². The third kappa shape index (κ3) is 4.26. The number of carbonyl (C=O) groups is 1. The molecule has 0 aromatic heterocycles. The van der Waals surface area contributed by atoms with Gasteiger partial charge < -0.3 is 10.6 Å². The largest absolute Gasteiger partial charge is 0.349 e. The smallest absolute Gasteiger partial charge is 0.271 e. The molecule has 0 aliphatic carbocycles. The molecule has 2 unspecified atom stereocenters. The second kappa shape index (κ2) is 6.63. The van der Waals surface area contributed by atoms with E-state index in [2.05, 4.69) is 10.6 Å². The predicted molar refractivity (Wildman–Crippen MR) is 84.1 cm³/mol. The fourth-order valence-electron chi connectivity index (χ4n) is 2.51. The molecule has 2 rings (SSSR count). The van der Waals surface area contributed by atoms with Crippen molar-refractivity contribution >= 4 is 21.4 Å². The van der Waals surface area contributed by atoms with Crippen LogP contribution in [0.1, 0.15) is 23.7 Å². The summed E-state index contributed by atoms with van der Waals surface area (Å²) >= 11 is 0. The normalized spacial score (nSPS) is 21.7. The zero-order valence-electron chi connectivity index (χ0n) is 12.9. The standard InChI is InChI=1S/C14H19N3O5S/c1-9-8-15-4-3-13(9)16-14(18)10-5-11(17(19)20)7-12(6-10)23(2,21)22/h5-7,9,13,15H,3-4,8H2,1-2H3,(H,16,18). The molecule has 1 aromatic rings. The van der Waals surface area contributed by atoms with Gasteiger partial charge in [0.15, 0.2) is 9.84 Å². The van der Waals surface area contributed by atoms with Crippen molar-refractivity contribution in [3.63, 3.8) is 0 Å². The van der Waals surface area contributed by atoms with Crippen LogP contribution in [-0.2, 0) is 9.84 Å². The van der Waals surface area contributed by atoms with Crippen LogP contribution in [0.25, 0.3) is 0 Å².